The lowest BCUT2D eigenvalue weighted by Gasteiger charge is -2.22. The van der Waals surface area contributed by atoms with E-state index in [4.69, 9.17) is 4.74 Å². The van der Waals surface area contributed by atoms with Crippen LogP contribution in [0.3, 0.4) is 0 Å². The lowest BCUT2D eigenvalue weighted by Crippen LogP contribution is -2.31. The van der Waals surface area contributed by atoms with E-state index in [0.29, 0.717) is 11.3 Å². The van der Waals surface area contributed by atoms with Gasteiger partial charge >= 0.3 is 0 Å². The second-order valence-electron chi connectivity index (χ2n) is 5.92. The molecule has 2 heterocycles. The van der Waals surface area contributed by atoms with Crippen molar-refractivity contribution in [3.63, 3.8) is 0 Å². The Bertz CT molecular complexity index is 217. The number of nitrogens with one attached hydrogen (secondary N) is 1. The fourth-order valence-electron chi connectivity index (χ4n) is 2.88. The Morgan fingerprint density at radius 3 is 2.82 bits per heavy atom. The molecule has 1 N–H and O–H groups in total. The SMILES string of the molecule is CC(C)COCCN1CCC2(CCNC2)C1.Cl. The minimum Gasteiger partial charge on any atom is -0.380 e. The van der Waals surface area contributed by atoms with Gasteiger partial charge in [-0.1, -0.05) is 13.8 Å². The van der Waals surface area contributed by atoms with Crippen molar-refractivity contribution >= 4 is 12.4 Å². The van der Waals surface area contributed by atoms with Gasteiger partial charge in [-0.25, -0.2) is 0 Å². The predicted molar refractivity (Wildman–Crippen MR) is 73.9 cm³/mol. The van der Waals surface area contributed by atoms with E-state index in [1.54, 1.807) is 0 Å². The molecule has 2 saturated heterocycles. The van der Waals surface area contributed by atoms with Gasteiger partial charge < -0.3 is 15.0 Å². The van der Waals surface area contributed by atoms with E-state index < -0.39 is 0 Å². The third-order valence-electron chi connectivity index (χ3n) is 3.85. The van der Waals surface area contributed by atoms with Gasteiger partial charge in [-0.05, 0) is 37.3 Å². The largest absolute Gasteiger partial charge is 0.380 e. The fraction of sp³-hybridized carbons (Fsp3) is 1.00. The molecule has 1 unspecified atom stereocenters. The van der Waals surface area contributed by atoms with Crippen molar-refractivity contribution in [2.24, 2.45) is 11.3 Å². The van der Waals surface area contributed by atoms with Crippen molar-refractivity contribution in [1.29, 1.82) is 0 Å². The van der Waals surface area contributed by atoms with Gasteiger partial charge in [0.25, 0.3) is 0 Å². The van der Waals surface area contributed by atoms with Gasteiger partial charge in [-0.3, -0.25) is 0 Å². The van der Waals surface area contributed by atoms with Crippen molar-refractivity contribution in [3.8, 4) is 0 Å². The average molecular weight is 263 g/mol. The third-order valence-corrected chi connectivity index (χ3v) is 3.85. The molecule has 3 nitrogen and oxygen atoms in total. The van der Waals surface area contributed by atoms with Gasteiger partial charge in [-0.2, -0.15) is 0 Å². The zero-order chi connectivity index (χ0) is 11.4. The van der Waals surface area contributed by atoms with Gasteiger partial charge in [0.05, 0.1) is 6.61 Å². The van der Waals surface area contributed by atoms with Crippen LogP contribution in [0.4, 0.5) is 0 Å². The highest BCUT2D eigenvalue weighted by Crippen LogP contribution is 2.35. The number of rotatable bonds is 5. The Labute approximate surface area is 112 Å². The predicted octanol–water partition coefficient (Wildman–Crippen LogP) is 1.77. The molecule has 1 spiro atoms. The van der Waals surface area contributed by atoms with E-state index in [-0.39, 0.29) is 12.4 Å². The van der Waals surface area contributed by atoms with Crippen molar-refractivity contribution in [3.05, 3.63) is 0 Å². The van der Waals surface area contributed by atoms with E-state index in [1.807, 2.05) is 0 Å². The first kappa shape index (κ1) is 15.2. The van der Waals surface area contributed by atoms with Gasteiger partial charge in [0.15, 0.2) is 0 Å². The maximum absolute atomic E-state index is 5.65. The van der Waals surface area contributed by atoms with Crippen molar-refractivity contribution in [2.75, 3.05) is 45.9 Å². The van der Waals surface area contributed by atoms with Crippen LogP contribution in [0.2, 0.25) is 0 Å². The monoisotopic (exact) mass is 262 g/mol. The normalized spacial score (nSPS) is 29.1. The molecule has 2 aliphatic heterocycles. The summed E-state index contributed by atoms with van der Waals surface area (Å²) in [5, 5.41) is 3.50. The highest BCUT2D eigenvalue weighted by atomic mass is 35.5. The highest BCUT2D eigenvalue weighted by Gasteiger charge is 2.39. The van der Waals surface area contributed by atoms with Crippen LogP contribution in [0.5, 0.6) is 0 Å². The summed E-state index contributed by atoms with van der Waals surface area (Å²) in [4.78, 5) is 2.58. The highest BCUT2D eigenvalue weighted by molar-refractivity contribution is 5.85. The lowest BCUT2D eigenvalue weighted by molar-refractivity contribution is 0.0886. The number of hydrogen-bond donors (Lipinski definition) is 1. The molecule has 0 aliphatic carbocycles. The molecule has 17 heavy (non-hydrogen) atoms. The van der Waals surface area contributed by atoms with E-state index >= 15 is 0 Å². The van der Waals surface area contributed by atoms with Crippen LogP contribution in [0.15, 0.2) is 0 Å². The molecule has 0 aromatic carbocycles. The van der Waals surface area contributed by atoms with Crippen LogP contribution >= 0.6 is 12.4 Å². The van der Waals surface area contributed by atoms with E-state index in [1.165, 1.54) is 39.0 Å². The van der Waals surface area contributed by atoms with Gasteiger partial charge in [0.2, 0.25) is 0 Å². The Morgan fingerprint density at radius 2 is 2.18 bits per heavy atom. The van der Waals surface area contributed by atoms with E-state index in [0.717, 1.165) is 19.8 Å². The summed E-state index contributed by atoms with van der Waals surface area (Å²) in [5.74, 6) is 0.656. The summed E-state index contributed by atoms with van der Waals surface area (Å²) in [5.41, 5.74) is 0.609. The molecule has 0 radical (unpaired) electrons. The molecule has 0 bridgehead atoms. The molecule has 102 valence electrons. The summed E-state index contributed by atoms with van der Waals surface area (Å²) in [7, 11) is 0. The number of likely N-dealkylation sites (tertiary alicyclic amines) is 1. The summed E-state index contributed by atoms with van der Waals surface area (Å²) < 4.78 is 5.65. The smallest absolute Gasteiger partial charge is 0.0593 e. The Kier molecular flexibility index (Phi) is 6.21. The fourth-order valence-corrected chi connectivity index (χ4v) is 2.88. The molecule has 0 aromatic rings. The first-order valence-corrected chi connectivity index (χ1v) is 6.71. The summed E-state index contributed by atoms with van der Waals surface area (Å²) in [6, 6.07) is 0. The maximum atomic E-state index is 5.65. The first-order valence-electron chi connectivity index (χ1n) is 6.71. The second-order valence-corrected chi connectivity index (χ2v) is 5.92. The topological polar surface area (TPSA) is 24.5 Å². The van der Waals surface area contributed by atoms with E-state index in [9.17, 15) is 0 Å². The van der Waals surface area contributed by atoms with Crippen molar-refractivity contribution in [1.82, 2.24) is 10.2 Å². The summed E-state index contributed by atoms with van der Waals surface area (Å²) in [6.07, 6.45) is 2.75. The third kappa shape index (κ3) is 4.40. The quantitative estimate of drug-likeness (QED) is 0.765. The minimum absolute atomic E-state index is 0. The Morgan fingerprint density at radius 1 is 1.35 bits per heavy atom. The standard InChI is InChI=1S/C13H26N2O.ClH/c1-12(2)9-16-8-7-15-6-4-13(11-15)3-5-14-10-13;/h12,14H,3-11H2,1-2H3;1H. The van der Waals surface area contributed by atoms with Gasteiger partial charge in [0, 0.05) is 26.2 Å². The molecule has 2 fully saturated rings. The number of hydrogen-bond acceptors (Lipinski definition) is 3. The number of halogens is 1. The average Bonchev–Trinajstić information content (AvgIpc) is 2.85. The van der Waals surface area contributed by atoms with Crippen LogP contribution < -0.4 is 5.32 Å². The minimum atomic E-state index is 0. The molecule has 4 heteroatoms. The van der Waals surface area contributed by atoms with Crippen molar-refractivity contribution in [2.45, 2.75) is 26.7 Å². The Balaban J connectivity index is 0.00000144. The van der Waals surface area contributed by atoms with E-state index in [2.05, 4.69) is 24.1 Å². The maximum Gasteiger partial charge on any atom is 0.0593 e. The molecule has 2 aliphatic rings. The summed E-state index contributed by atoms with van der Waals surface area (Å²) in [6.45, 7) is 12.3. The number of nitrogens with zero attached hydrogens (tertiary/aromatic N) is 1. The van der Waals surface area contributed by atoms with Crippen LogP contribution in [-0.2, 0) is 4.74 Å². The molecule has 1 atom stereocenters. The van der Waals surface area contributed by atoms with Crippen LogP contribution in [0, 0.1) is 11.3 Å². The zero-order valence-corrected chi connectivity index (χ0v) is 12.0. The van der Waals surface area contributed by atoms with Gasteiger partial charge in [-0.15, -0.1) is 12.4 Å². The molecule has 0 aromatic heterocycles. The molecule has 0 amide bonds. The zero-order valence-electron chi connectivity index (χ0n) is 11.2. The van der Waals surface area contributed by atoms with Gasteiger partial charge in [0.1, 0.15) is 0 Å². The lowest BCUT2D eigenvalue weighted by atomic mass is 9.87. The van der Waals surface area contributed by atoms with Crippen LogP contribution in [0.1, 0.15) is 26.7 Å². The first-order chi connectivity index (χ1) is 7.70. The number of ether oxygens (including phenoxy) is 1. The van der Waals surface area contributed by atoms with Crippen LogP contribution in [0.25, 0.3) is 0 Å². The molecule has 2 rings (SSSR count). The second kappa shape index (κ2) is 6.93. The van der Waals surface area contributed by atoms with Crippen molar-refractivity contribution < 1.29 is 4.74 Å². The van der Waals surface area contributed by atoms with Crippen LogP contribution in [-0.4, -0.2) is 50.8 Å². The summed E-state index contributed by atoms with van der Waals surface area (Å²) >= 11 is 0. The Hall–Kier alpha value is 0.170. The molecule has 0 saturated carbocycles. The molecular weight excluding hydrogens is 236 g/mol. The molecular formula is C13H27ClN2O.